The van der Waals surface area contributed by atoms with Crippen LogP contribution in [0.2, 0.25) is 0 Å². The van der Waals surface area contributed by atoms with Gasteiger partial charge in [-0.25, -0.2) is 9.78 Å². The zero-order chi connectivity index (χ0) is 23.4. The average Bonchev–Trinajstić information content (AvgIpc) is 3.10. The molecule has 1 unspecified atom stereocenters. The largest absolute Gasteiger partial charge is 0.492 e. The summed E-state index contributed by atoms with van der Waals surface area (Å²) in [5.41, 5.74) is 0.655. The van der Waals surface area contributed by atoms with Crippen molar-refractivity contribution in [1.29, 1.82) is 0 Å². The number of ether oxygens (including phenoxy) is 2. The molecule has 0 saturated heterocycles. The standard InChI is InChI=1S/C23H27N3O5S/c1-6-30-17-10-8-7-9-16(17)25-20(27)15(5)26-12-24-21-18(22(26)28)14(4)19(32-21)23(29)31-11-13(2)3/h7-10,12-13,15H,6,11H2,1-5H3,(H,25,27). The lowest BCUT2D eigenvalue weighted by molar-refractivity contribution is -0.118. The first-order valence-electron chi connectivity index (χ1n) is 10.4. The highest BCUT2D eigenvalue weighted by atomic mass is 32.1. The number of hydrogen-bond donors (Lipinski definition) is 1. The number of amides is 1. The number of rotatable bonds is 8. The van der Waals surface area contributed by atoms with E-state index in [0.717, 1.165) is 11.3 Å². The van der Waals surface area contributed by atoms with E-state index >= 15 is 0 Å². The van der Waals surface area contributed by atoms with E-state index in [2.05, 4.69) is 10.3 Å². The summed E-state index contributed by atoms with van der Waals surface area (Å²) in [6, 6.07) is 6.27. The minimum absolute atomic E-state index is 0.205. The van der Waals surface area contributed by atoms with Crippen molar-refractivity contribution in [1.82, 2.24) is 9.55 Å². The van der Waals surface area contributed by atoms with E-state index in [4.69, 9.17) is 9.47 Å². The Morgan fingerprint density at radius 1 is 1.22 bits per heavy atom. The van der Waals surface area contributed by atoms with Gasteiger partial charge in [-0.1, -0.05) is 26.0 Å². The Bertz CT molecular complexity index is 1200. The maximum atomic E-state index is 13.2. The number of nitrogens with one attached hydrogen (secondary N) is 1. The number of benzene rings is 1. The molecule has 0 aliphatic heterocycles. The van der Waals surface area contributed by atoms with Crippen LogP contribution in [0.25, 0.3) is 10.2 Å². The first-order valence-corrected chi connectivity index (χ1v) is 11.3. The summed E-state index contributed by atoms with van der Waals surface area (Å²) < 4.78 is 12.1. The van der Waals surface area contributed by atoms with Crippen LogP contribution in [-0.4, -0.2) is 34.6 Å². The van der Waals surface area contributed by atoms with Crippen LogP contribution in [0.1, 0.15) is 49.0 Å². The van der Waals surface area contributed by atoms with E-state index in [-0.39, 0.29) is 17.4 Å². The first-order chi connectivity index (χ1) is 15.2. The van der Waals surface area contributed by atoms with E-state index in [1.165, 1.54) is 10.9 Å². The molecule has 1 atom stereocenters. The lowest BCUT2D eigenvalue weighted by atomic mass is 10.2. The third kappa shape index (κ3) is 4.83. The number of aromatic nitrogens is 2. The number of carbonyl (C=O) groups excluding carboxylic acids is 2. The van der Waals surface area contributed by atoms with Gasteiger partial charge in [0.25, 0.3) is 5.56 Å². The third-order valence-corrected chi connectivity index (χ3v) is 6.03. The van der Waals surface area contributed by atoms with Gasteiger partial charge in [0, 0.05) is 0 Å². The fourth-order valence-corrected chi connectivity index (χ4v) is 4.16. The Hall–Kier alpha value is -3.20. The number of hydrogen-bond acceptors (Lipinski definition) is 7. The van der Waals surface area contributed by atoms with Gasteiger partial charge < -0.3 is 14.8 Å². The predicted molar refractivity (Wildman–Crippen MR) is 125 cm³/mol. The fourth-order valence-electron chi connectivity index (χ4n) is 3.13. The molecule has 0 aliphatic rings. The van der Waals surface area contributed by atoms with Crippen molar-refractivity contribution in [3.63, 3.8) is 0 Å². The molecule has 1 aromatic carbocycles. The van der Waals surface area contributed by atoms with Gasteiger partial charge in [0.05, 0.1) is 30.6 Å². The molecular formula is C23H27N3O5S. The number of fused-ring (bicyclic) bond motifs is 1. The summed E-state index contributed by atoms with van der Waals surface area (Å²) in [5, 5.41) is 3.13. The minimum Gasteiger partial charge on any atom is -0.492 e. The normalized spacial score (nSPS) is 12.1. The van der Waals surface area contributed by atoms with Crippen LogP contribution in [0.5, 0.6) is 5.75 Å². The molecule has 32 heavy (non-hydrogen) atoms. The average molecular weight is 458 g/mol. The molecule has 0 spiro atoms. The van der Waals surface area contributed by atoms with E-state index < -0.39 is 12.0 Å². The number of nitrogens with zero attached hydrogens (tertiary/aromatic N) is 2. The zero-order valence-corrected chi connectivity index (χ0v) is 19.6. The molecule has 0 saturated carbocycles. The molecule has 0 radical (unpaired) electrons. The number of thiophene rings is 1. The minimum atomic E-state index is -0.829. The molecule has 3 rings (SSSR count). The predicted octanol–water partition coefficient (Wildman–Crippen LogP) is 4.18. The Morgan fingerprint density at radius 2 is 1.94 bits per heavy atom. The lowest BCUT2D eigenvalue weighted by Gasteiger charge is -2.16. The third-order valence-electron chi connectivity index (χ3n) is 4.85. The summed E-state index contributed by atoms with van der Waals surface area (Å²) in [4.78, 5) is 43.6. The van der Waals surface area contributed by atoms with Gasteiger partial charge >= 0.3 is 5.97 Å². The van der Waals surface area contributed by atoms with Crippen LogP contribution >= 0.6 is 11.3 Å². The molecule has 3 aromatic rings. The Balaban J connectivity index is 1.90. The summed E-state index contributed by atoms with van der Waals surface area (Å²) in [7, 11) is 0. The highest BCUT2D eigenvalue weighted by Crippen LogP contribution is 2.28. The van der Waals surface area contributed by atoms with E-state index in [1.807, 2.05) is 26.8 Å². The van der Waals surface area contributed by atoms with Crippen LogP contribution in [0.15, 0.2) is 35.4 Å². The van der Waals surface area contributed by atoms with Crippen molar-refractivity contribution in [2.24, 2.45) is 5.92 Å². The van der Waals surface area contributed by atoms with E-state index in [0.29, 0.717) is 45.3 Å². The topological polar surface area (TPSA) is 99.5 Å². The van der Waals surface area contributed by atoms with Crippen molar-refractivity contribution >= 4 is 39.1 Å². The molecule has 0 fully saturated rings. The zero-order valence-electron chi connectivity index (χ0n) is 18.8. The van der Waals surface area contributed by atoms with Crippen LogP contribution in [-0.2, 0) is 9.53 Å². The molecule has 1 amide bonds. The van der Waals surface area contributed by atoms with Gasteiger partial charge in [-0.05, 0) is 44.4 Å². The van der Waals surface area contributed by atoms with Crippen molar-refractivity contribution < 1.29 is 19.1 Å². The lowest BCUT2D eigenvalue weighted by Crippen LogP contribution is -2.32. The molecule has 8 nitrogen and oxygen atoms in total. The fraction of sp³-hybridized carbons (Fsp3) is 0.391. The molecule has 0 aliphatic carbocycles. The number of esters is 1. The molecule has 0 bridgehead atoms. The van der Waals surface area contributed by atoms with Gasteiger partial charge in [0.15, 0.2) is 0 Å². The van der Waals surface area contributed by atoms with Crippen LogP contribution in [0.4, 0.5) is 5.69 Å². The smallest absolute Gasteiger partial charge is 0.348 e. The van der Waals surface area contributed by atoms with Crippen molar-refractivity contribution in [2.45, 2.75) is 40.7 Å². The molecular weight excluding hydrogens is 430 g/mol. The van der Waals surface area contributed by atoms with Crippen LogP contribution in [0.3, 0.4) is 0 Å². The maximum absolute atomic E-state index is 13.2. The highest BCUT2D eigenvalue weighted by molar-refractivity contribution is 7.20. The van der Waals surface area contributed by atoms with Crippen LogP contribution in [0, 0.1) is 12.8 Å². The number of anilines is 1. The van der Waals surface area contributed by atoms with Gasteiger partial charge in [-0.3, -0.25) is 14.2 Å². The first kappa shape index (κ1) is 23.5. The van der Waals surface area contributed by atoms with E-state index in [9.17, 15) is 14.4 Å². The molecule has 1 N–H and O–H groups in total. The maximum Gasteiger partial charge on any atom is 0.348 e. The van der Waals surface area contributed by atoms with E-state index in [1.54, 1.807) is 32.0 Å². The molecule has 2 heterocycles. The molecule has 9 heteroatoms. The quantitative estimate of drug-likeness (QED) is 0.510. The second kappa shape index (κ2) is 9.95. The van der Waals surface area contributed by atoms with Gasteiger partial charge in [-0.2, -0.15) is 0 Å². The molecule has 2 aromatic heterocycles. The Morgan fingerprint density at radius 3 is 2.62 bits per heavy atom. The summed E-state index contributed by atoms with van der Waals surface area (Å²) in [5.74, 6) is -0.0979. The summed E-state index contributed by atoms with van der Waals surface area (Å²) in [6.45, 7) is 9.83. The summed E-state index contributed by atoms with van der Waals surface area (Å²) >= 11 is 1.12. The van der Waals surface area contributed by atoms with Crippen molar-refractivity contribution in [3.8, 4) is 5.75 Å². The van der Waals surface area contributed by atoms with Crippen molar-refractivity contribution in [3.05, 3.63) is 51.4 Å². The Labute approximate surface area is 190 Å². The second-order valence-electron chi connectivity index (χ2n) is 7.78. The number of aryl methyl sites for hydroxylation is 1. The molecule has 170 valence electrons. The van der Waals surface area contributed by atoms with Gasteiger partial charge in [-0.15, -0.1) is 11.3 Å². The number of para-hydroxylation sites is 2. The monoisotopic (exact) mass is 457 g/mol. The van der Waals surface area contributed by atoms with Gasteiger partial charge in [0.1, 0.15) is 21.5 Å². The highest BCUT2D eigenvalue weighted by Gasteiger charge is 2.24. The Kier molecular flexibility index (Phi) is 7.29. The summed E-state index contributed by atoms with van der Waals surface area (Å²) in [6.07, 6.45) is 1.34. The van der Waals surface area contributed by atoms with Gasteiger partial charge in [0.2, 0.25) is 5.91 Å². The second-order valence-corrected chi connectivity index (χ2v) is 8.78. The number of carbonyl (C=O) groups is 2. The van der Waals surface area contributed by atoms with Crippen molar-refractivity contribution in [2.75, 3.05) is 18.5 Å². The van der Waals surface area contributed by atoms with Crippen LogP contribution < -0.4 is 15.6 Å². The SMILES string of the molecule is CCOc1ccccc1NC(=O)C(C)n1cnc2sc(C(=O)OCC(C)C)c(C)c2c1=O.